The molecule has 1 amide bonds. The van der Waals surface area contributed by atoms with Gasteiger partial charge < -0.3 is 15.3 Å². The number of aromatic nitrogens is 3. The minimum Gasteiger partial charge on any atom is -0.504 e. The summed E-state index contributed by atoms with van der Waals surface area (Å²) in [6.45, 7) is 1.73. The number of aromatic hydroxyl groups is 1. The summed E-state index contributed by atoms with van der Waals surface area (Å²) in [6, 6.07) is 3.00. The van der Waals surface area contributed by atoms with Gasteiger partial charge in [0, 0.05) is 19.3 Å². The number of hydrogen-bond donors (Lipinski definition) is 2. The van der Waals surface area contributed by atoms with Crippen molar-refractivity contribution in [1.29, 1.82) is 0 Å². The highest BCUT2D eigenvalue weighted by molar-refractivity contribution is 6.34. The van der Waals surface area contributed by atoms with Gasteiger partial charge in [-0.15, -0.1) is 0 Å². The van der Waals surface area contributed by atoms with Crippen molar-refractivity contribution in [1.82, 2.24) is 15.0 Å². The number of carbonyl (C=O) groups excluding carboxylic acids is 1. The number of anilines is 2. The van der Waals surface area contributed by atoms with E-state index in [-0.39, 0.29) is 22.3 Å². The SMILES string of the molecule is O=C(Nc1ncccc1O)c1nc(N2CCCCC2)ncc1Cl. The number of piperidine rings is 1. The van der Waals surface area contributed by atoms with Gasteiger partial charge in [0.1, 0.15) is 0 Å². The molecule has 0 aromatic carbocycles. The summed E-state index contributed by atoms with van der Waals surface area (Å²) in [5.74, 6) is -0.108. The third-order valence-corrected chi connectivity index (χ3v) is 3.88. The highest BCUT2D eigenvalue weighted by atomic mass is 35.5. The van der Waals surface area contributed by atoms with E-state index in [1.54, 1.807) is 6.07 Å². The predicted octanol–water partition coefficient (Wildman–Crippen LogP) is 2.47. The quantitative estimate of drug-likeness (QED) is 0.896. The number of nitrogens with zero attached hydrogens (tertiary/aromatic N) is 4. The Bertz CT molecular complexity index is 719. The van der Waals surface area contributed by atoms with E-state index >= 15 is 0 Å². The van der Waals surface area contributed by atoms with Crippen LogP contribution in [0.1, 0.15) is 29.8 Å². The molecule has 8 heteroatoms. The minimum absolute atomic E-state index is 0.0618. The summed E-state index contributed by atoms with van der Waals surface area (Å²) in [6.07, 6.45) is 6.24. The number of hydrogen-bond acceptors (Lipinski definition) is 6. The molecule has 120 valence electrons. The van der Waals surface area contributed by atoms with Crippen LogP contribution in [0, 0.1) is 0 Å². The number of rotatable bonds is 3. The number of halogens is 1. The van der Waals surface area contributed by atoms with Crippen molar-refractivity contribution in [2.75, 3.05) is 23.3 Å². The molecule has 3 rings (SSSR count). The summed E-state index contributed by atoms with van der Waals surface area (Å²) in [7, 11) is 0. The molecule has 2 aromatic heterocycles. The Balaban J connectivity index is 1.83. The van der Waals surface area contributed by atoms with Gasteiger partial charge in [-0.3, -0.25) is 4.79 Å². The standard InChI is InChI=1S/C15H16ClN5O2/c16-10-9-18-15(21-7-2-1-3-8-21)19-12(10)14(23)20-13-11(22)5-4-6-17-13/h4-6,9,22H,1-3,7-8H2,(H,17,20,23). The van der Waals surface area contributed by atoms with Crippen molar-refractivity contribution in [3.8, 4) is 5.75 Å². The molecule has 2 N–H and O–H groups in total. The fourth-order valence-corrected chi connectivity index (χ4v) is 2.60. The van der Waals surface area contributed by atoms with Crippen LogP contribution in [-0.4, -0.2) is 39.1 Å². The van der Waals surface area contributed by atoms with Gasteiger partial charge in [-0.2, -0.15) is 0 Å². The third-order valence-electron chi connectivity index (χ3n) is 3.60. The van der Waals surface area contributed by atoms with Crippen LogP contribution in [0.2, 0.25) is 5.02 Å². The van der Waals surface area contributed by atoms with Crippen molar-refractivity contribution in [3.63, 3.8) is 0 Å². The molecule has 3 heterocycles. The largest absolute Gasteiger partial charge is 0.504 e. The van der Waals surface area contributed by atoms with Crippen LogP contribution in [0.5, 0.6) is 5.75 Å². The molecule has 2 aromatic rings. The zero-order valence-corrected chi connectivity index (χ0v) is 13.1. The maximum absolute atomic E-state index is 12.4. The van der Waals surface area contributed by atoms with Gasteiger partial charge in [-0.1, -0.05) is 11.6 Å². The highest BCUT2D eigenvalue weighted by Crippen LogP contribution is 2.22. The van der Waals surface area contributed by atoms with Crippen LogP contribution in [0.25, 0.3) is 0 Å². The summed E-state index contributed by atoms with van der Waals surface area (Å²) < 4.78 is 0. The first-order chi connectivity index (χ1) is 11.1. The molecule has 1 aliphatic heterocycles. The smallest absolute Gasteiger partial charge is 0.277 e. The third kappa shape index (κ3) is 3.50. The van der Waals surface area contributed by atoms with Gasteiger partial charge in [0.2, 0.25) is 5.95 Å². The van der Waals surface area contributed by atoms with E-state index in [2.05, 4.69) is 20.3 Å². The van der Waals surface area contributed by atoms with Crippen molar-refractivity contribution in [2.45, 2.75) is 19.3 Å². The average Bonchev–Trinajstić information content (AvgIpc) is 2.58. The fraction of sp³-hybridized carbons (Fsp3) is 0.333. The maximum atomic E-state index is 12.4. The van der Waals surface area contributed by atoms with E-state index < -0.39 is 5.91 Å². The molecule has 0 aliphatic carbocycles. The lowest BCUT2D eigenvalue weighted by Crippen LogP contribution is -2.31. The molecular formula is C15H16ClN5O2. The molecule has 0 atom stereocenters. The van der Waals surface area contributed by atoms with Gasteiger partial charge >= 0.3 is 0 Å². The monoisotopic (exact) mass is 333 g/mol. The summed E-state index contributed by atoms with van der Waals surface area (Å²) in [5.41, 5.74) is 0.0623. The van der Waals surface area contributed by atoms with Crippen LogP contribution < -0.4 is 10.2 Å². The molecule has 1 fully saturated rings. The maximum Gasteiger partial charge on any atom is 0.277 e. The first kappa shape index (κ1) is 15.5. The van der Waals surface area contributed by atoms with Crippen molar-refractivity contribution >= 4 is 29.3 Å². The predicted molar refractivity (Wildman–Crippen MR) is 87.0 cm³/mol. The molecule has 0 unspecified atom stereocenters. The lowest BCUT2D eigenvalue weighted by atomic mass is 10.1. The van der Waals surface area contributed by atoms with E-state index in [0.29, 0.717) is 5.95 Å². The Labute approximate surface area is 138 Å². The van der Waals surface area contributed by atoms with Gasteiger partial charge in [-0.05, 0) is 31.4 Å². The molecule has 0 bridgehead atoms. The molecule has 0 saturated carbocycles. The number of carbonyl (C=O) groups is 1. The van der Waals surface area contributed by atoms with Crippen LogP contribution in [-0.2, 0) is 0 Å². The Morgan fingerprint density at radius 2 is 2.04 bits per heavy atom. The first-order valence-corrected chi connectivity index (χ1v) is 7.76. The normalized spacial score (nSPS) is 14.6. The summed E-state index contributed by atoms with van der Waals surface area (Å²) in [5, 5.41) is 12.3. The molecule has 0 radical (unpaired) electrons. The second-order valence-corrected chi connectivity index (χ2v) is 5.65. The van der Waals surface area contributed by atoms with Gasteiger partial charge in [0.05, 0.1) is 11.2 Å². The molecule has 7 nitrogen and oxygen atoms in total. The lowest BCUT2D eigenvalue weighted by Gasteiger charge is -2.26. The Morgan fingerprint density at radius 1 is 1.26 bits per heavy atom. The van der Waals surface area contributed by atoms with E-state index in [4.69, 9.17) is 11.6 Å². The van der Waals surface area contributed by atoms with Gasteiger partial charge in [0.15, 0.2) is 17.3 Å². The Hall–Kier alpha value is -2.41. The molecule has 0 spiro atoms. The lowest BCUT2D eigenvalue weighted by molar-refractivity contribution is 0.102. The van der Waals surface area contributed by atoms with Gasteiger partial charge in [-0.25, -0.2) is 15.0 Å². The molecule has 23 heavy (non-hydrogen) atoms. The van der Waals surface area contributed by atoms with Crippen LogP contribution in [0.4, 0.5) is 11.8 Å². The first-order valence-electron chi connectivity index (χ1n) is 7.38. The minimum atomic E-state index is -0.537. The van der Waals surface area contributed by atoms with E-state index in [0.717, 1.165) is 25.9 Å². The van der Waals surface area contributed by atoms with Crippen molar-refractivity contribution in [2.24, 2.45) is 0 Å². The zero-order chi connectivity index (χ0) is 16.2. The van der Waals surface area contributed by atoms with Crippen LogP contribution in [0.3, 0.4) is 0 Å². The summed E-state index contributed by atoms with van der Waals surface area (Å²) >= 11 is 6.05. The Kier molecular flexibility index (Phi) is 4.57. The van der Waals surface area contributed by atoms with E-state index in [1.807, 2.05) is 4.90 Å². The molecule has 1 saturated heterocycles. The van der Waals surface area contributed by atoms with Crippen LogP contribution in [0.15, 0.2) is 24.5 Å². The van der Waals surface area contributed by atoms with Crippen molar-refractivity contribution in [3.05, 3.63) is 35.2 Å². The Morgan fingerprint density at radius 3 is 2.78 bits per heavy atom. The van der Waals surface area contributed by atoms with Gasteiger partial charge in [0.25, 0.3) is 5.91 Å². The number of amides is 1. The molecule has 1 aliphatic rings. The number of pyridine rings is 1. The second-order valence-electron chi connectivity index (χ2n) is 5.24. The average molecular weight is 334 g/mol. The van der Waals surface area contributed by atoms with E-state index in [9.17, 15) is 9.90 Å². The van der Waals surface area contributed by atoms with Crippen LogP contribution >= 0.6 is 11.6 Å². The van der Waals surface area contributed by atoms with E-state index in [1.165, 1.54) is 24.9 Å². The zero-order valence-electron chi connectivity index (χ0n) is 12.4. The molecular weight excluding hydrogens is 318 g/mol. The fourth-order valence-electron chi connectivity index (χ4n) is 2.42. The highest BCUT2D eigenvalue weighted by Gasteiger charge is 2.19. The topological polar surface area (TPSA) is 91.2 Å². The number of nitrogens with one attached hydrogen (secondary N) is 1. The summed E-state index contributed by atoms with van der Waals surface area (Å²) in [4.78, 5) is 26.8. The van der Waals surface area contributed by atoms with Crippen molar-refractivity contribution < 1.29 is 9.90 Å². The second kappa shape index (κ2) is 6.78.